The number of benzene rings is 1. The normalized spacial score (nSPS) is 11.4. The molecule has 1 aromatic rings. The number of non-ortho nitro benzene ring substituents is 1. The van der Waals surface area contributed by atoms with Gasteiger partial charge < -0.3 is 10.1 Å². The van der Waals surface area contributed by atoms with Crippen LogP contribution in [0.1, 0.15) is 39.7 Å². The summed E-state index contributed by atoms with van der Waals surface area (Å²) >= 11 is 0. The van der Waals surface area contributed by atoms with Gasteiger partial charge in [0.25, 0.3) is 5.69 Å². The van der Waals surface area contributed by atoms with E-state index in [9.17, 15) is 10.1 Å². The average molecular weight is 266 g/mol. The summed E-state index contributed by atoms with van der Waals surface area (Å²) in [4.78, 5) is 10.4. The Labute approximate surface area is 114 Å². The molecule has 0 saturated heterocycles. The molecule has 0 heterocycles. The molecule has 0 atom stereocenters. The molecule has 1 rings (SSSR count). The Balaban J connectivity index is 2.93. The summed E-state index contributed by atoms with van der Waals surface area (Å²) in [5, 5.41) is 14.1. The molecule has 0 bridgehead atoms. The molecule has 0 radical (unpaired) electrons. The Kier molecular flexibility index (Phi) is 5.30. The number of nitrogens with one attached hydrogen (secondary N) is 1. The number of nitrogens with zero attached hydrogens (tertiary/aromatic N) is 1. The van der Waals surface area contributed by atoms with Crippen LogP contribution in [0.4, 0.5) is 5.69 Å². The van der Waals surface area contributed by atoms with Gasteiger partial charge in [0, 0.05) is 29.8 Å². The third kappa shape index (κ3) is 5.26. The SMILES string of the molecule is CCCOc1ccc([N+](=O)[O-])cc1CNC(C)(C)C. The molecule has 5 heteroatoms. The van der Waals surface area contributed by atoms with Crippen LogP contribution in [-0.2, 0) is 6.54 Å². The minimum absolute atomic E-state index is 0.0490. The molecule has 1 N–H and O–H groups in total. The highest BCUT2D eigenvalue weighted by atomic mass is 16.6. The molecule has 19 heavy (non-hydrogen) atoms. The zero-order chi connectivity index (χ0) is 14.5. The van der Waals surface area contributed by atoms with Gasteiger partial charge in [-0.1, -0.05) is 6.92 Å². The number of nitro groups is 1. The fraction of sp³-hybridized carbons (Fsp3) is 0.571. The number of nitro benzene ring substituents is 1. The number of ether oxygens (including phenoxy) is 1. The van der Waals surface area contributed by atoms with Crippen molar-refractivity contribution in [2.45, 2.75) is 46.2 Å². The van der Waals surface area contributed by atoms with Gasteiger partial charge in [0.1, 0.15) is 5.75 Å². The molecule has 0 aliphatic carbocycles. The van der Waals surface area contributed by atoms with Crippen LogP contribution < -0.4 is 10.1 Å². The fourth-order valence-corrected chi connectivity index (χ4v) is 1.53. The summed E-state index contributed by atoms with van der Waals surface area (Å²) in [6.45, 7) is 9.34. The minimum Gasteiger partial charge on any atom is -0.493 e. The van der Waals surface area contributed by atoms with Crippen molar-refractivity contribution < 1.29 is 9.66 Å². The predicted octanol–water partition coefficient (Wildman–Crippen LogP) is 3.27. The van der Waals surface area contributed by atoms with Crippen LogP contribution >= 0.6 is 0 Å². The highest BCUT2D eigenvalue weighted by Crippen LogP contribution is 2.25. The topological polar surface area (TPSA) is 64.4 Å². The van der Waals surface area contributed by atoms with E-state index in [0.29, 0.717) is 18.9 Å². The fourth-order valence-electron chi connectivity index (χ4n) is 1.53. The lowest BCUT2D eigenvalue weighted by atomic mass is 10.1. The summed E-state index contributed by atoms with van der Waals surface area (Å²) in [5.74, 6) is 0.712. The lowest BCUT2D eigenvalue weighted by molar-refractivity contribution is -0.384. The van der Waals surface area contributed by atoms with Crippen molar-refractivity contribution in [3.8, 4) is 5.75 Å². The van der Waals surface area contributed by atoms with E-state index in [0.717, 1.165) is 12.0 Å². The van der Waals surface area contributed by atoms with Gasteiger partial charge in [0.2, 0.25) is 0 Å². The summed E-state index contributed by atoms with van der Waals surface area (Å²) in [7, 11) is 0. The third-order valence-electron chi connectivity index (χ3n) is 2.53. The number of hydrogen-bond acceptors (Lipinski definition) is 4. The Morgan fingerprint density at radius 3 is 2.58 bits per heavy atom. The maximum Gasteiger partial charge on any atom is 0.270 e. The van der Waals surface area contributed by atoms with Crippen molar-refractivity contribution in [3.63, 3.8) is 0 Å². The maximum atomic E-state index is 10.8. The van der Waals surface area contributed by atoms with Gasteiger partial charge in [-0.15, -0.1) is 0 Å². The monoisotopic (exact) mass is 266 g/mol. The first-order valence-corrected chi connectivity index (χ1v) is 6.48. The van der Waals surface area contributed by atoms with Crippen LogP contribution in [-0.4, -0.2) is 17.1 Å². The largest absolute Gasteiger partial charge is 0.493 e. The first kappa shape index (κ1) is 15.4. The van der Waals surface area contributed by atoms with E-state index in [-0.39, 0.29) is 16.1 Å². The molecular weight excluding hydrogens is 244 g/mol. The minimum atomic E-state index is -0.385. The quantitative estimate of drug-likeness (QED) is 0.634. The second kappa shape index (κ2) is 6.52. The molecule has 0 saturated carbocycles. The first-order chi connectivity index (χ1) is 8.83. The summed E-state index contributed by atoms with van der Waals surface area (Å²) in [6, 6.07) is 4.72. The zero-order valence-electron chi connectivity index (χ0n) is 12.0. The molecule has 0 aromatic heterocycles. The molecule has 1 aromatic carbocycles. The van der Waals surface area contributed by atoms with Gasteiger partial charge in [0.15, 0.2) is 0 Å². The first-order valence-electron chi connectivity index (χ1n) is 6.48. The van der Waals surface area contributed by atoms with Gasteiger partial charge >= 0.3 is 0 Å². The highest BCUT2D eigenvalue weighted by molar-refractivity contribution is 5.43. The third-order valence-corrected chi connectivity index (χ3v) is 2.53. The summed E-state index contributed by atoms with van der Waals surface area (Å²) < 4.78 is 5.62. The van der Waals surface area contributed by atoms with Crippen LogP contribution in [0.2, 0.25) is 0 Å². The summed E-state index contributed by atoms with van der Waals surface area (Å²) in [6.07, 6.45) is 0.906. The molecule has 0 aliphatic rings. The number of rotatable bonds is 6. The Morgan fingerprint density at radius 2 is 2.05 bits per heavy atom. The van der Waals surface area contributed by atoms with E-state index in [1.165, 1.54) is 6.07 Å². The average Bonchev–Trinajstić information content (AvgIpc) is 2.33. The maximum absolute atomic E-state index is 10.8. The molecule has 0 fully saturated rings. The predicted molar refractivity (Wildman–Crippen MR) is 75.5 cm³/mol. The second-order valence-electron chi connectivity index (χ2n) is 5.50. The Hall–Kier alpha value is -1.62. The molecule has 0 unspecified atom stereocenters. The zero-order valence-corrected chi connectivity index (χ0v) is 12.0. The molecule has 0 aliphatic heterocycles. The number of hydrogen-bond donors (Lipinski definition) is 1. The van der Waals surface area contributed by atoms with E-state index in [4.69, 9.17) is 4.74 Å². The van der Waals surface area contributed by atoms with Crippen LogP contribution in [0.15, 0.2) is 18.2 Å². The van der Waals surface area contributed by atoms with E-state index in [1.54, 1.807) is 12.1 Å². The highest BCUT2D eigenvalue weighted by Gasteiger charge is 2.14. The van der Waals surface area contributed by atoms with Crippen LogP contribution in [0.3, 0.4) is 0 Å². The van der Waals surface area contributed by atoms with E-state index < -0.39 is 0 Å². The standard InChI is InChI=1S/C14H22N2O3/c1-5-8-19-13-7-6-12(16(17)18)9-11(13)10-15-14(2,3)4/h6-7,9,15H,5,8,10H2,1-4H3. The van der Waals surface area contributed by atoms with Gasteiger partial charge in [-0.05, 0) is 33.3 Å². The van der Waals surface area contributed by atoms with E-state index in [2.05, 4.69) is 26.1 Å². The molecular formula is C14H22N2O3. The Morgan fingerprint density at radius 1 is 1.37 bits per heavy atom. The smallest absolute Gasteiger partial charge is 0.270 e. The molecule has 0 spiro atoms. The van der Waals surface area contributed by atoms with Gasteiger partial charge in [-0.25, -0.2) is 0 Å². The lowest BCUT2D eigenvalue weighted by Gasteiger charge is -2.21. The molecule has 0 amide bonds. The van der Waals surface area contributed by atoms with E-state index in [1.807, 2.05) is 6.92 Å². The van der Waals surface area contributed by atoms with Crippen LogP contribution in [0.25, 0.3) is 0 Å². The molecule has 106 valence electrons. The van der Waals surface area contributed by atoms with Crippen molar-refractivity contribution >= 4 is 5.69 Å². The Bertz CT molecular complexity index is 439. The summed E-state index contributed by atoms with van der Waals surface area (Å²) in [5.41, 5.74) is 0.860. The van der Waals surface area contributed by atoms with E-state index >= 15 is 0 Å². The van der Waals surface area contributed by atoms with Crippen molar-refractivity contribution in [1.29, 1.82) is 0 Å². The van der Waals surface area contributed by atoms with Gasteiger partial charge in [-0.2, -0.15) is 0 Å². The van der Waals surface area contributed by atoms with Crippen molar-refractivity contribution in [2.24, 2.45) is 0 Å². The van der Waals surface area contributed by atoms with Gasteiger partial charge in [-0.3, -0.25) is 10.1 Å². The lowest BCUT2D eigenvalue weighted by Crippen LogP contribution is -2.35. The molecule has 5 nitrogen and oxygen atoms in total. The van der Waals surface area contributed by atoms with Gasteiger partial charge in [0.05, 0.1) is 11.5 Å². The van der Waals surface area contributed by atoms with Crippen LogP contribution in [0.5, 0.6) is 5.75 Å². The van der Waals surface area contributed by atoms with Crippen LogP contribution in [0, 0.1) is 10.1 Å². The van der Waals surface area contributed by atoms with Crippen molar-refractivity contribution in [3.05, 3.63) is 33.9 Å². The van der Waals surface area contributed by atoms with Crippen molar-refractivity contribution in [2.75, 3.05) is 6.61 Å². The van der Waals surface area contributed by atoms with Crippen molar-refractivity contribution in [1.82, 2.24) is 5.32 Å². The second-order valence-corrected chi connectivity index (χ2v) is 5.50.